The summed E-state index contributed by atoms with van der Waals surface area (Å²) < 4.78 is 0. The molecule has 3 heteroatoms. The van der Waals surface area contributed by atoms with Gasteiger partial charge in [-0.2, -0.15) is 0 Å². The van der Waals surface area contributed by atoms with Gasteiger partial charge in [-0.15, -0.1) is 0 Å². The zero-order valence-corrected chi connectivity index (χ0v) is 11.9. The molecule has 1 fully saturated rings. The summed E-state index contributed by atoms with van der Waals surface area (Å²) in [5, 5.41) is 8.93. The maximum absolute atomic E-state index is 10.8. The number of fused-ring (bicyclic) bond motifs is 1. The first-order valence-corrected chi connectivity index (χ1v) is 7.81. The molecule has 1 aliphatic carbocycles. The minimum Gasteiger partial charge on any atom is -0.481 e. The second kappa shape index (κ2) is 5.96. The van der Waals surface area contributed by atoms with E-state index in [9.17, 15) is 4.79 Å². The lowest BCUT2D eigenvalue weighted by Crippen LogP contribution is -2.41. The van der Waals surface area contributed by atoms with Crippen LogP contribution in [0.15, 0.2) is 24.3 Å². The third-order valence-electron chi connectivity index (χ3n) is 4.87. The average Bonchev–Trinajstić information content (AvgIpc) is 2.89. The predicted octanol–water partition coefficient (Wildman–Crippen LogP) is 3.39. The van der Waals surface area contributed by atoms with Crippen LogP contribution in [0.4, 0.5) is 0 Å². The number of hydrogen-bond acceptors (Lipinski definition) is 2. The van der Waals surface area contributed by atoms with Crippen LogP contribution >= 0.6 is 0 Å². The summed E-state index contributed by atoms with van der Waals surface area (Å²) in [6.07, 6.45) is 7.12. The van der Waals surface area contributed by atoms with Gasteiger partial charge in [0.2, 0.25) is 0 Å². The van der Waals surface area contributed by atoms with Gasteiger partial charge in [-0.3, -0.25) is 9.69 Å². The Bertz CT molecular complexity index is 486. The van der Waals surface area contributed by atoms with Crippen molar-refractivity contribution in [1.29, 1.82) is 0 Å². The second-order valence-corrected chi connectivity index (χ2v) is 6.07. The van der Waals surface area contributed by atoms with E-state index in [-0.39, 0.29) is 0 Å². The van der Waals surface area contributed by atoms with Crippen LogP contribution in [0.1, 0.15) is 55.7 Å². The normalized spacial score (nSPS) is 26.4. The van der Waals surface area contributed by atoms with Gasteiger partial charge in [0.25, 0.3) is 0 Å². The van der Waals surface area contributed by atoms with Gasteiger partial charge in [-0.1, -0.05) is 30.7 Å². The summed E-state index contributed by atoms with van der Waals surface area (Å²) in [5.41, 5.74) is 2.97. The third kappa shape index (κ3) is 2.73. The van der Waals surface area contributed by atoms with E-state index in [4.69, 9.17) is 5.11 Å². The van der Waals surface area contributed by atoms with Crippen molar-refractivity contribution in [2.45, 2.75) is 57.0 Å². The van der Waals surface area contributed by atoms with E-state index in [0.717, 1.165) is 19.4 Å². The molecule has 2 unspecified atom stereocenters. The van der Waals surface area contributed by atoms with Gasteiger partial charge in [0.15, 0.2) is 0 Å². The number of carboxylic acids is 1. The SMILES string of the molecule is O=C(O)CCC1CCCCN1C1CCc2ccccc21. The molecule has 0 saturated carbocycles. The number of piperidine rings is 1. The van der Waals surface area contributed by atoms with E-state index in [0.29, 0.717) is 18.5 Å². The van der Waals surface area contributed by atoms with Crippen LogP contribution in [0, 0.1) is 0 Å². The smallest absolute Gasteiger partial charge is 0.303 e. The Morgan fingerprint density at radius 2 is 2.10 bits per heavy atom. The first-order valence-electron chi connectivity index (χ1n) is 7.81. The quantitative estimate of drug-likeness (QED) is 0.914. The van der Waals surface area contributed by atoms with Gasteiger partial charge < -0.3 is 5.11 Å². The average molecular weight is 273 g/mol. The molecule has 108 valence electrons. The fraction of sp³-hybridized carbons (Fsp3) is 0.588. The zero-order chi connectivity index (χ0) is 13.9. The highest BCUT2D eigenvalue weighted by atomic mass is 16.4. The monoisotopic (exact) mass is 273 g/mol. The van der Waals surface area contributed by atoms with Crippen LogP contribution in [0.5, 0.6) is 0 Å². The van der Waals surface area contributed by atoms with Crippen molar-refractivity contribution in [3.8, 4) is 0 Å². The van der Waals surface area contributed by atoms with Crippen molar-refractivity contribution in [3.05, 3.63) is 35.4 Å². The molecule has 0 radical (unpaired) electrons. The fourth-order valence-electron chi connectivity index (χ4n) is 3.91. The number of carbonyl (C=O) groups is 1. The Kier molecular flexibility index (Phi) is 4.06. The van der Waals surface area contributed by atoms with Gasteiger partial charge in [-0.05, 0) is 49.8 Å². The van der Waals surface area contributed by atoms with Crippen LogP contribution in [0.2, 0.25) is 0 Å². The topological polar surface area (TPSA) is 40.5 Å². The number of aliphatic carboxylic acids is 1. The molecule has 3 rings (SSSR count). The summed E-state index contributed by atoms with van der Waals surface area (Å²) in [4.78, 5) is 13.4. The molecule has 2 atom stereocenters. The lowest BCUT2D eigenvalue weighted by atomic mass is 9.94. The molecule has 1 aromatic rings. The van der Waals surface area contributed by atoms with Crippen LogP contribution in [-0.4, -0.2) is 28.6 Å². The minimum absolute atomic E-state index is 0.301. The van der Waals surface area contributed by atoms with Gasteiger partial charge in [0.05, 0.1) is 0 Å². The highest BCUT2D eigenvalue weighted by Gasteiger charge is 2.33. The molecule has 1 saturated heterocycles. The highest BCUT2D eigenvalue weighted by Crippen LogP contribution is 2.39. The van der Waals surface area contributed by atoms with E-state index in [1.165, 1.54) is 36.8 Å². The van der Waals surface area contributed by atoms with Gasteiger partial charge in [0, 0.05) is 18.5 Å². The van der Waals surface area contributed by atoms with Crippen LogP contribution in [0.25, 0.3) is 0 Å². The standard InChI is InChI=1S/C17H23NO2/c19-17(20)11-9-14-6-3-4-12-18(14)16-10-8-13-5-1-2-7-15(13)16/h1-2,5,7,14,16H,3-4,6,8-12H2,(H,19,20). The molecule has 0 amide bonds. The summed E-state index contributed by atoms with van der Waals surface area (Å²) in [6, 6.07) is 9.73. The first-order chi connectivity index (χ1) is 9.75. The predicted molar refractivity (Wildman–Crippen MR) is 78.7 cm³/mol. The van der Waals surface area contributed by atoms with Crippen LogP contribution < -0.4 is 0 Å². The third-order valence-corrected chi connectivity index (χ3v) is 4.87. The number of hydrogen-bond donors (Lipinski definition) is 1. The van der Waals surface area contributed by atoms with E-state index in [1.54, 1.807) is 0 Å². The Hall–Kier alpha value is -1.35. The summed E-state index contributed by atoms with van der Waals surface area (Å²) >= 11 is 0. The maximum atomic E-state index is 10.8. The highest BCUT2D eigenvalue weighted by molar-refractivity contribution is 5.66. The van der Waals surface area contributed by atoms with Crippen molar-refractivity contribution in [2.75, 3.05) is 6.54 Å². The van der Waals surface area contributed by atoms with Crippen molar-refractivity contribution in [2.24, 2.45) is 0 Å². The Labute approximate surface area is 120 Å². The molecule has 0 spiro atoms. The molecular formula is C17H23NO2. The molecule has 1 aliphatic heterocycles. The van der Waals surface area contributed by atoms with E-state index >= 15 is 0 Å². The maximum Gasteiger partial charge on any atom is 0.303 e. The lowest BCUT2D eigenvalue weighted by Gasteiger charge is -2.40. The number of carboxylic acid groups (broad SMARTS) is 1. The lowest BCUT2D eigenvalue weighted by molar-refractivity contribution is -0.137. The molecule has 2 aliphatic rings. The van der Waals surface area contributed by atoms with Crippen molar-refractivity contribution in [3.63, 3.8) is 0 Å². The number of aryl methyl sites for hydroxylation is 1. The molecule has 1 N–H and O–H groups in total. The molecule has 0 aromatic heterocycles. The molecule has 1 heterocycles. The summed E-state index contributed by atoms with van der Waals surface area (Å²) in [7, 11) is 0. The molecule has 1 aromatic carbocycles. The van der Waals surface area contributed by atoms with Crippen LogP contribution in [0.3, 0.4) is 0 Å². The van der Waals surface area contributed by atoms with Crippen molar-refractivity contribution in [1.82, 2.24) is 4.90 Å². The molecule has 0 bridgehead atoms. The van der Waals surface area contributed by atoms with E-state index in [1.807, 2.05) is 0 Å². The van der Waals surface area contributed by atoms with Crippen molar-refractivity contribution < 1.29 is 9.90 Å². The second-order valence-electron chi connectivity index (χ2n) is 6.07. The van der Waals surface area contributed by atoms with Gasteiger partial charge in [-0.25, -0.2) is 0 Å². The fourth-order valence-corrected chi connectivity index (χ4v) is 3.91. The van der Waals surface area contributed by atoms with E-state index in [2.05, 4.69) is 29.2 Å². The number of likely N-dealkylation sites (tertiary alicyclic amines) is 1. The Morgan fingerprint density at radius 1 is 1.25 bits per heavy atom. The number of benzene rings is 1. The number of rotatable bonds is 4. The molecular weight excluding hydrogens is 250 g/mol. The summed E-state index contributed by atoms with van der Waals surface area (Å²) in [5.74, 6) is -0.664. The van der Waals surface area contributed by atoms with Gasteiger partial charge >= 0.3 is 5.97 Å². The zero-order valence-electron chi connectivity index (χ0n) is 11.9. The molecule has 3 nitrogen and oxygen atoms in total. The first kappa shape index (κ1) is 13.6. The van der Waals surface area contributed by atoms with Crippen molar-refractivity contribution >= 4 is 5.97 Å². The largest absolute Gasteiger partial charge is 0.481 e. The summed E-state index contributed by atoms with van der Waals surface area (Å²) in [6.45, 7) is 1.13. The van der Waals surface area contributed by atoms with E-state index < -0.39 is 5.97 Å². The van der Waals surface area contributed by atoms with Crippen LogP contribution in [-0.2, 0) is 11.2 Å². The van der Waals surface area contributed by atoms with Gasteiger partial charge in [0.1, 0.15) is 0 Å². The Balaban J connectivity index is 1.75. The number of nitrogens with zero attached hydrogens (tertiary/aromatic N) is 1. The minimum atomic E-state index is -0.664. The molecule has 20 heavy (non-hydrogen) atoms. The Morgan fingerprint density at radius 3 is 2.95 bits per heavy atom.